The van der Waals surface area contributed by atoms with E-state index < -0.39 is 0 Å². The molecule has 0 unspecified atom stereocenters. The van der Waals surface area contributed by atoms with E-state index in [0.717, 1.165) is 0 Å². The number of hydrogen-bond acceptors (Lipinski definition) is 5. The average Bonchev–Trinajstić information content (AvgIpc) is 2.49. The second-order valence-corrected chi connectivity index (χ2v) is 4.62. The van der Waals surface area contributed by atoms with Crippen molar-refractivity contribution in [2.24, 2.45) is 0 Å². The molecule has 0 fully saturated rings. The number of amides is 1. The van der Waals surface area contributed by atoms with Crippen LogP contribution < -0.4 is 10.1 Å². The third-order valence-electron chi connectivity index (χ3n) is 2.51. The lowest BCUT2D eigenvalue weighted by Gasteiger charge is -2.11. The summed E-state index contributed by atoms with van der Waals surface area (Å²) < 4.78 is 5.46. The SMILES string of the molecule is CCOc1ccccc1NC(=O)c1cnc(SC)nc1. The first kappa shape index (κ1) is 14.3. The Hall–Kier alpha value is -2.08. The van der Waals surface area contributed by atoms with Gasteiger partial charge in [-0.25, -0.2) is 9.97 Å². The Morgan fingerprint density at radius 1 is 1.30 bits per heavy atom. The molecule has 0 aliphatic carbocycles. The lowest BCUT2D eigenvalue weighted by Crippen LogP contribution is -2.13. The Labute approximate surface area is 121 Å². The fourth-order valence-corrected chi connectivity index (χ4v) is 1.90. The molecule has 20 heavy (non-hydrogen) atoms. The normalized spacial score (nSPS) is 10.1. The van der Waals surface area contributed by atoms with E-state index >= 15 is 0 Å². The van der Waals surface area contributed by atoms with Crippen molar-refractivity contribution in [2.75, 3.05) is 18.2 Å². The van der Waals surface area contributed by atoms with Crippen LogP contribution in [0.1, 0.15) is 17.3 Å². The molecule has 0 bridgehead atoms. The molecule has 5 nitrogen and oxygen atoms in total. The van der Waals surface area contributed by atoms with Crippen molar-refractivity contribution in [3.8, 4) is 5.75 Å². The predicted octanol–water partition coefficient (Wildman–Crippen LogP) is 2.85. The molecular formula is C14H15N3O2S. The molecule has 1 heterocycles. The molecule has 0 saturated carbocycles. The summed E-state index contributed by atoms with van der Waals surface area (Å²) >= 11 is 1.43. The molecule has 1 aromatic carbocycles. The van der Waals surface area contributed by atoms with Gasteiger partial charge in [0.25, 0.3) is 5.91 Å². The summed E-state index contributed by atoms with van der Waals surface area (Å²) in [5, 5.41) is 3.43. The highest BCUT2D eigenvalue weighted by Crippen LogP contribution is 2.24. The molecule has 0 aliphatic heterocycles. The van der Waals surface area contributed by atoms with Crippen molar-refractivity contribution in [1.82, 2.24) is 9.97 Å². The molecule has 1 aromatic heterocycles. The highest BCUT2D eigenvalue weighted by molar-refractivity contribution is 7.98. The van der Waals surface area contributed by atoms with Crippen LogP contribution in [-0.4, -0.2) is 28.7 Å². The molecule has 2 aromatic rings. The first-order valence-corrected chi connectivity index (χ1v) is 7.36. The van der Waals surface area contributed by atoms with Gasteiger partial charge in [0.2, 0.25) is 0 Å². The minimum Gasteiger partial charge on any atom is -0.492 e. The minimum atomic E-state index is -0.259. The Kier molecular flexibility index (Phi) is 4.95. The fraction of sp³-hybridized carbons (Fsp3) is 0.214. The smallest absolute Gasteiger partial charge is 0.258 e. The van der Waals surface area contributed by atoms with Gasteiger partial charge >= 0.3 is 0 Å². The van der Waals surface area contributed by atoms with Crippen LogP contribution in [0.2, 0.25) is 0 Å². The number of anilines is 1. The molecular weight excluding hydrogens is 274 g/mol. The number of benzene rings is 1. The van der Waals surface area contributed by atoms with E-state index in [-0.39, 0.29) is 5.91 Å². The van der Waals surface area contributed by atoms with Crippen molar-refractivity contribution < 1.29 is 9.53 Å². The quantitative estimate of drug-likeness (QED) is 0.677. The monoisotopic (exact) mass is 289 g/mol. The van der Waals surface area contributed by atoms with Crippen molar-refractivity contribution in [2.45, 2.75) is 12.1 Å². The standard InChI is InChI=1S/C14H15N3O2S/c1-3-19-12-7-5-4-6-11(12)17-13(18)10-8-15-14(20-2)16-9-10/h4-9H,3H2,1-2H3,(H,17,18). The van der Waals surface area contributed by atoms with Gasteiger partial charge in [-0.2, -0.15) is 0 Å². The van der Waals surface area contributed by atoms with E-state index in [9.17, 15) is 4.79 Å². The van der Waals surface area contributed by atoms with E-state index in [1.54, 1.807) is 6.07 Å². The number of rotatable bonds is 5. The third-order valence-corrected chi connectivity index (χ3v) is 3.08. The first-order chi connectivity index (χ1) is 9.74. The van der Waals surface area contributed by atoms with Crippen LogP contribution in [0.15, 0.2) is 41.8 Å². The molecule has 0 spiro atoms. The van der Waals surface area contributed by atoms with Crippen LogP contribution in [0.25, 0.3) is 0 Å². The lowest BCUT2D eigenvalue weighted by molar-refractivity contribution is 0.102. The molecule has 1 amide bonds. The first-order valence-electron chi connectivity index (χ1n) is 6.13. The third kappa shape index (κ3) is 3.48. The predicted molar refractivity (Wildman–Crippen MR) is 79.4 cm³/mol. The maximum Gasteiger partial charge on any atom is 0.258 e. The number of carbonyl (C=O) groups is 1. The fourth-order valence-electron chi connectivity index (χ4n) is 1.58. The second-order valence-electron chi connectivity index (χ2n) is 3.84. The Balaban J connectivity index is 2.14. The van der Waals surface area contributed by atoms with E-state index in [4.69, 9.17) is 4.74 Å². The Bertz CT molecular complexity index is 587. The second kappa shape index (κ2) is 6.91. The van der Waals surface area contributed by atoms with Crippen LogP contribution in [0.5, 0.6) is 5.75 Å². The van der Waals surface area contributed by atoms with Crippen molar-refractivity contribution >= 4 is 23.4 Å². The molecule has 6 heteroatoms. The van der Waals surface area contributed by atoms with Crippen molar-refractivity contribution in [3.63, 3.8) is 0 Å². The average molecular weight is 289 g/mol. The van der Waals surface area contributed by atoms with Crippen LogP contribution >= 0.6 is 11.8 Å². The summed E-state index contributed by atoms with van der Waals surface area (Å²) in [5.41, 5.74) is 1.04. The van der Waals surface area contributed by atoms with E-state index in [2.05, 4.69) is 15.3 Å². The largest absolute Gasteiger partial charge is 0.492 e. The maximum atomic E-state index is 12.1. The van der Waals surface area contributed by atoms with Crippen molar-refractivity contribution in [3.05, 3.63) is 42.2 Å². The topological polar surface area (TPSA) is 64.1 Å². The number of thioether (sulfide) groups is 1. The molecule has 0 radical (unpaired) electrons. The zero-order valence-corrected chi connectivity index (χ0v) is 12.1. The molecule has 2 rings (SSSR count). The van der Waals surface area contributed by atoms with Gasteiger partial charge in [0.05, 0.1) is 17.9 Å². The van der Waals surface area contributed by atoms with Gasteiger partial charge in [0.15, 0.2) is 5.16 Å². The summed E-state index contributed by atoms with van der Waals surface area (Å²) in [6.45, 7) is 2.44. The summed E-state index contributed by atoms with van der Waals surface area (Å²) in [5.74, 6) is 0.384. The van der Waals surface area contributed by atoms with Crippen molar-refractivity contribution in [1.29, 1.82) is 0 Å². The summed E-state index contributed by atoms with van der Waals surface area (Å²) in [7, 11) is 0. The van der Waals surface area contributed by atoms with Gasteiger partial charge in [0, 0.05) is 12.4 Å². The Morgan fingerprint density at radius 2 is 2.00 bits per heavy atom. The van der Waals surface area contributed by atoms with Crippen LogP contribution in [0.3, 0.4) is 0 Å². The highest BCUT2D eigenvalue weighted by Gasteiger charge is 2.10. The number of hydrogen-bond donors (Lipinski definition) is 1. The van der Waals surface area contributed by atoms with Crippen LogP contribution in [0, 0.1) is 0 Å². The summed E-state index contributed by atoms with van der Waals surface area (Å²) in [6, 6.07) is 7.30. The minimum absolute atomic E-state index is 0.259. The number of nitrogens with zero attached hydrogens (tertiary/aromatic N) is 2. The molecule has 1 N–H and O–H groups in total. The Morgan fingerprint density at radius 3 is 2.65 bits per heavy atom. The molecule has 0 atom stereocenters. The number of aromatic nitrogens is 2. The van der Waals surface area contributed by atoms with E-state index in [0.29, 0.717) is 28.8 Å². The number of carbonyl (C=O) groups excluding carboxylic acids is 1. The molecule has 0 saturated heterocycles. The van der Waals surface area contributed by atoms with E-state index in [1.165, 1.54) is 24.2 Å². The highest BCUT2D eigenvalue weighted by atomic mass is 32.2. The maximum absolute atomic E-state index is 12.1. The number of ether oxygens (including phenoxy) is 1. The van der Waals surface area contributed by atoms with Gasteiger partial charge in [-0.3, -0.25) is 4.79 Å². The van der Waals surface area contributed by atoms with Crippen LogP contribution in [0.4, 0.5) is 5.69 Å². The van der Waals surface area contributed by atoms with E-state index in [1.807, 2.05) is 31.4 Å². The van der Waals surface area contributed by atoms with Gasteiger partial charge in [-0.1, -0.05) is 23.9 Å². The zero-order valence-electron chi connectivity index (χ0n) is 11.3. The number of para-hydroxylation sites is 2. The van der Waals surface area contributed by atoms with Gasteiger partial charge in [-0.05, 0) is 25.3 Å². The van der Waals surface area contributed by atoms with Gasteiger partial charge < -0.3 is 10.1 Å². The molecule has 104 valence electrons. The number of nitrogens with one attached hydrogen (secondary N) is 1. The van der Waals surface area contributed by atoms with Gasteiger partial charge in [-0.15, -0.1) is 0 Å². The van der Waals surface area contributed by atoms with Crippen LogP contribution in [-0.2, 0) is 0 Å². The summed E-state index contributed by atoms with van der Waals surface area (Å²) in [4.78, 5) is 20.3. The zero-order chi connectivity index (χ0) is 14.4. The lowest BCUT2D eigenvalue weighted by atomic mass is 10.2. The van der Waals surface area contributed by atoms with Gasteiger partial charge in [0.1, 0.15) is 5.75 Å². The summed E-state index contributed by atoms with van der Waals surface area (Å²) in [6.07, 6.45) is 4.91. The molecule has 0 aliphatic rings.